The van der Waals surface area contributed by atoms with Crippen molar-refractivity contribution < 1.29 is 4.42 Å². The van der Waals surface area contributed by atoms with E-state index in [-0.39, 0.29) is 0 Å². The summed E-state index contributed by atoms with van der Waals surface area (Å²) in [6.45, 7) is 0. The van der Waals surface area contributed by atoms with Crippen LogP contribution in [0.25, 0.3) is 99.5 Å². The topological polar surface area (TPSA) is 51.8 Å². The normalized spacial score (nSPS) is 11.7. The van der Waals surface area contributed by atoms with Gasteiger partial charge in [0.1, 0.15) is 11.2 Å². The molecule has 0 saturated carbocycles. The highest BCUT2D eigenvalue weighted by Crippen LogP contribution is 2.40. The van der Waals surface area contributed by atoms with E-state index in [9.17, 15) is 0 Å². The minimum atomic E-state index is 0.643. The lowest BCUT2D eigenvalue weighted by molar-refractivity contribution is 0.672. The van der Waals surface area contributed by atoms with Gasteiger partial charge in [0.15, 0.2) is 17.5 Å². The second kappa shape index (κ2) is 11.0. The fourth-order valence-electron chi connectivity index (χ4n) is 7.11. The summed E-state index contributed by atoms with van der Waals surface area (Å²) in [6.07, 6.45) is 0. The second-order valence-electron chi connectivity index (χ2n) is 12.4. The van der Waals surface area contributed by atoms with Crippen LogP contribution in [0.5, 0.6) is 0 Å². The molecule has 0 unspecified atom stereocenters. The van der Waals surface area contributed by atoms with Crippen molar-refractivity contribution in [1.29, 1.82) is 0 Å². The molecule has 8 aromatic carbocycles. The third-order valence-corrected chi connectivity index (χ3v) is 9.49. The molecule has 0 spiro atoms. The molecule has 0 saturated heterocycles. The van der Waals surface area contributed by atoms with Crippen LogP contribution in [-0.4, -0.2) is 15.0 Å². The van der Waals surface area contributed by atoms with E-state index in [1.165, 1.54) is 26.9 Å². The van der Waals surface area contributed by atoms with Gasteiger partial charge >= 0.3 is 0 Å². The van der Waals surface area contributed by atoms with Gasteiger partial charge in [0.05, 0.1) is 0 Å². The van der Waals surface area contributed by atoms with E-state index >= 15 is 0 Å². The SMILES string of the molecule is c1ccc(-c2nc(-c3ccccc3)nc(-c3cccc(-c4ccc5c(ccc6ccc7c(ccc8c9ccccc9oc87)c65)c4)c3)n2)cc1. The maximum absolute atomic E-state index is 6.40. The molecule has 0 aliphatic heterocycles. The van der Waals surface area contributed by atoms with Crippen LogP contribution in [0.2, 0.25) is 0 Å². The second-order valence-corrected chi connectivity index (χ2v) is 12.4. The van der Waals surface area contributed by atoms with E-state index in [0.29, 0.717) is 17.5 Å². The number of furan rings is 1. The van der Waals surface area contributed by atoms with Crippen LogP contribution in [0.4, 0.5) is 0 Å². The maximum Gasteiger partial charge on any atom is 0.164 e. The molecule has 49 heavy (non-hydrogen) atoms. The van der Waals surface area contributed by atoms with Crippen molar-refractivity contribution in [2.75, 3.05) is 0 Å². The van der Waals surface area contributed by atoms with Crippen LogP contribution in [0.15, 0.2) is 168 Å². The van der Waals surface area contributed by atoms with Crippen LogP contribution in [-0.2, 0) is 0 Å². The lowest BCUT2D eigenvalue weighted by atomic mass is 9.93. The molecule has 4 nitrogen and oxygen atoms in total. The molecule has 0 fully saturated rings. The molecular formula is C45H27N3O. The molecule has 10 rings (SSSR count). The molecule has 0 aliphatic rings. The molecular weight excluding hydrogens is 599 g/mol. The Balaban J connectivity index is 1.10. The van der Waals surface area contributed by atoms with Crippen molar-refractivity contribution in [3.63, 3.8) is 0 Å². The minimum absolute atomic E-state index is 0.643. The van der Waals surface area contributed by atoms with Gasteiger partial charge < -0.3 is 4.42 Å². The van der Waals surface area contributed by atoms with Crippen molar-refractivity contribution in [3.05, 3.63) is 164 Å². The predicted molar refractivity (Wildman–Crippen MR) is 201 cm³/mol. The molecule has 228 valence electrons. The Morgan fingerprint density at radius 2 is 0.857 bits per heavy atom. The first-order valence-electron chi connectivity index (χ1n) is 16.4. The summed E-state index contributed by atoms with van der Waals surface area (Å²) in [5, 5.41) is 9.48. The molecule has 0 amide bonds. The van der Waals surface area contributed by atoms with Crippen molar-refractivity contribution in [2.45, 2.75) is 0 Å². The smallest absolute Gasteiger partial charge is 0.164 e. The number of fused-ring (bicyclic) bond motifs is 9. The molecule has 0 atom stereocenters. The van der Waals surface area contributed by atoms with Gasteiger partial charge in [-0.05, 0) is 68.4 Å². The summed E-state index contributed by atoms with van der Waals surface area (Å²) in [4.78, 5) is 14.8. The molecule has 2 aromatic heterocycles. The van der Waals surface area contributed by atoms with Gasteiger partial charge in [-0.3, -0.25) is 0 Å². The first kappa shape index (κ1) is 27.5. The Morgan fingerprint density at radius 1 is 0.327 bits per heavy atom. The minimum Gasteiger partial charge on any atom is -0.455 e. The van der Waals surface area contributed by atoms with E-state index < -0.39 is 0 Å². The molecule has 10 aromatic rings. The Hall–Kier alpha value is -6.65. The Morgan fingerprint density at radius 3 is 1.63 bits per heavy atom. The van der Waals surface area contributed by atoms with Crippen molar-refractivity contribution in [1.82, 2.24) is 15.0 Å². The van der Waals surface area contributed by atoms with Crippen molar-refractivity contribution in [2.24, 2.45) is 0 Å². The summed E-state index contributed by atoms with van der Waals surface area (Å²) >= 11 is 0. The largest absolute Gasteiger partial charge is 0.455 e. The average molecular weight is 626 g/mol. The summed E-state index contributed by atoms with van der Waals surface area (Å²) in [7, 11) is 0. The lowest BCUT2D eigenvalue weighted by Crippen LogP contribution is -2.00. The molecule has 4 heteroatoms. The van der Waals surface area contributed by atoms with Crippen LogP contribution in [0.3, 0.4) is 0 Å². The highest BCUT2D eigenvalue weighted by molar-refractivity contribution is 6.26. The number of nitrogens with zero attached hydrogens (tertiary/aromatic N) is 3. The summed E-state index contributed by atoms with van der Waals surface area (Å²) in [6, 6.07) is 57.0. The van der Waals surface area contributed by atoms with Gasteiger partial charge in [-0.2, -0.15) is 0 Å². The number of hydrogen-bond donors (Lipinski definition) is 0. The Kier molecular flexibility index (Phi) is 6.15. The van der Waals surface area contributed by atoms with Gasteiger partial charge in [0.2, 0.25) is 0 Å². The van der Waals surface area contributed by atoms with Gasteiger partial charge in [0, 0.05) is 32.8 Å². The van der Waals surface area contributed by atoms with Gasteiger partial charge in [-0.1, -0.05) is 133 Å². The van der Waals surface area contributed by atoms with Crippen molar-refractivity contribution in [3.8, 4) is 45.3 Å². The van der Waals surface area contributed by atoms with Crippen LogP contribution >= 0.6 is 0 Å². The van der Waals surface area contributed by atoms with E-state index in [2.05, 4.69) is 91.0 Å². The first-order chi connectivity index (χ1) is 24.3. The summed E-state index contributed by atoms with van der Waals surface area (Å²) < 4.78 is 6.40. The van der Waals surface area contributed by atoms with E-state index in [0.717, 1.165) is 55.1 Å². The predicted octanol–water partition coefficient (Wildman–Crippen LogP) is 11.9. The highest BCUT2D eigenvalue weighted by atomic mass is 16.3. The molecule has 2 heterocycles. The van der Waals surface area contributed by atoms with E-state index in [1.807, 2.05) is 72.8 Å². The zero-order valence-electron chi connectivity index (χ0n) is 26.3. The number of aromatic nitrogens is 3. The van der Waals surface area contributed by atoms with Gasteiger partial charge in [-0.15, -0.1) is 0 Å². The molecule has 0 radical (unpaired) electrons. The average Bonchev–Trinajstić information content (AvgIpc) is 3.57. The molecule has 0 N–H and O–H groups in total. The van der Waals surface area contributed by atoms with Gasteiger partial charge in [-0.25, -0.2) is 15.0 Å². The molecule has 0 bridgehead atoms. The number of rotatable bonds is 4. The summed E-state index contributed by atoms with van der Waals surface area (Å²) in [5.41, 5.74) is 6.94. The van der Waals surface area contributed by atoms with Crippen molar-refractivity contribution >= 4 is 54.3 Å². The number of benzene rings is 8. The van der Waals surface area contributed by atoms with E-state index in [4.69, 9.17) is 19.4 Å². The quantitative estimate of drug-likeness (QED) is 0.183. The zero-order chi connectivity index (χ0) is 32.3. The Labute approximate surface area is 282 Å². The third kappa shape index (κ3) is 4.57. The standard InChI is InChI=1S/C45H27N3O/c1-3-10-29(11-4-1)43-46-44(30-12-5-2-6-13-30)48-45(47-43)34-15-9-14-31(27-34)32-21-22-35-33(26-32)19-18-28-20-23-39-37(41(28)35)24-25-38-36-16-7-8-17-40(36)49-42(38)39/h1-27H. The van der Waals surface area contributed by atoms with Gasteiger partial charge in [0.25, 0.3) is 0 Å². The van der Waals surface area contributed by atoms with Crippen LogP contribution in [0.1, 0.15) is 0 Å². The maximum atomic E-state index is 6.40. The highest BCUT2D eigenvalue weighted by Gasteiger charge is 2.15. The number of hydrogen-bond acceptors (Lipinski definition) is 4. The lowest BCUT2D eigenvalue weighted by Gasteiger charge is -2.11. The van der Waals surface area contributed by atoms with Crippen LogP contribution in [0, 0.1) is 0 Å². The fraction of sp³-hybridized carbons (Fsp3) is 0. The third-order valence-electron chi connectivity index (χ3n) is 9.49. The Bertz CT molecular complexity index is 2820. The zero-order valence-corrected chi connectivity index (χ0v) is 26.3. The fourth-order valence-corrected chi connectivity index (χ4v) is 7.11. The van der Waals surface area contributed by atoms with Crippen LogP contribution < -0.4 is 0 Å². The molecule has 0 aliphatic carbocycles. The summed E-state index contributed by atoms with van der Waals surface area (Å²) in [5.74, 6) is 1.95. The number of para-hydroxylation sites is 1. The first-order valence-corrected chi connectivity index (χ1v) is 16.4. The monoisotopic (exact) mass is 625 g/mol. The van der Waals surface area contributed by atoms with E-state index in [1.54, 1.807) is 0 Å².